The summed E-state index contributed by atoms with van der Waals surface area (Å²) < 4.78 is 1.84. The third-order valence-corrected chi connectivity index (χ3v) is 3.60. The van der Waals surface area contributed by atoms with Gasteiger partial charge in [0.25, 0.3) is 0 Å². The van der Waals surface area contributed by atoms with Crippen LogP contribution in [0.25, 0.3) is 0 Å². The highest BCUT2D eigenvalue weighted by Crippen LogP contribution is 2.10. The Morgan fingerprint density at radius 1 is 1.42 bits per heavy atom. The van der Waals surface area contributed by atoms with E-state index in [4.69, 9.17) is 0 Å². The highest BCUT2D eigenvalue weighted by atomic mass is 16.2. The molecule has 19 heavy (non-hydrogen) atoms. The lowest BCUT2D eigenvalue weighted by molar-refractivity contribution is -0.133. The van der Waals surface area contributed by atoms with E-state index in [9.17, 15) is 4.79 Å². The van der Waals surface area contributed by atoms with Crippen LogP contribution in [-0.2, 0) is 17.9 Å². The highest BCUT2D eigenvalue weighted by molar-refractivity contribution is 5.81. The average Bonchev–Trinajstić information content (AvgIpc) is 2.92. The summed E-state index contributed by atoms with van der Waals surface area (Å²) in [6, 6.07) is -0.167. The maximum atomic E-state index is 12.2. The first-order valence-corrected chi connectivity index (χ1v) is 7.11. The number of hydrogen-bond acceptors (Lipinski definition) is 4. The quantitative estimate of drug-likeness (QED) is 0.855. The lowest BCUT2D eigenvalue weighted by Gasteiger charge is -2.29. The molecule has 1 amide bonds. The van der Waals surface area contributed by atoms with Gasteiger partial charge in [-0.15, -0.1) is 0 Å². The monoisotopic (exact) mass is 265 g/mol. The van der Waals surface area contributed by atoms with Gasteiger partial charge in [-0.05, 0) is 33.1 Å². The van der Waals surface area contributed by atoms with Gasteiger partial charge in [-0.25, -0.2) is 9.67 Å². The van der Waals surface area contributed by atoms with Crippen LogP contribution in [0, 0.1) is 0 Å². The number of likely N-dealkylation sites (tertiary alicyclic amines) is 1. The fraction of sp³-hybridized carbons (Fsp3) is 0.769. The molecule has 1 fully saturated rings. The highest BCUT2D eigenvalue weighted by Gasteiger charge is 2.21. The maximum Gasteiger partial charge on any atom is 0.239 e. The van der Waals surface area contributed by atoms with Crippen molar-refractivity contribution in [3.63, 3.8) is 0 Å². The second kappa shape index (κ2) is 6.65. The Labute approximate surface area is 114 Å². The normalized spacial score (nSPS) is 17.5. The molecule has 1 aromatic rings. The second-order valence-electron chi connectivity index (χ2n) is 4.98. The average molecular weight is 265 g/mol. The predicted octanol–water partition coefficient (Wildman–Crippen LogP) is 0.789. The molecular weight excluding hydrogens is 242 g/mol. The van der Waals surface area contributed by atoms with Crippen LogP contribution in [0.3, 0.4) is 0 Å². The molecule has 1 aliphatic heterocycles. The van der Waals surface area contributed by atoms with Crippen LogP contribution in [0.1, 0.15) is 38.9 Å². The summed E-state index contributed by atoms with van der Waals surface area (Å²) in [5, 5.41) is 7.36. The van der Waals surface area contributed by atoms with E-state index in [2.05, 4.69) is 15.4 Å². The maximum absolute atomic E-state index is 12.2. The van der Waals surface area contributed by atoms with Crippen molar-refractivity contribution in [2.45, 2.75) is 52.2 Å². The first kappa shape index (κ1) is 14.0. The van der Waals surface area contributed by atoms with Gasteiger partial charge in [0.15, 0.2) is 0 Å². The molecule has 1 atom stereocenters. The van der Waals surface area contributed by atoms with Gasteiger partial charge in [0.2, 0.25) is 5.91 Å². The Balaban J connectivity index is 1.83. The van der Waals surface area contributed by atoms with Crippen LogP contribution in [0.15, 0.2) is 6.33 Å². The molecular formula is C13H23N5O. The number of amides is 1. The smallest absolute Gasteiger partial charge is 0.239 e. The van der Waals surface area contributed by atoms with Gasteiger partial charge in [-0.1, -0.05) is 0 Å². The molecule has 1 aliphatic rings. The molecule has 1 aromatic heterocycles. The molecule has 2 rings (SSSR count). The van der Waals surface area contributed by atoms with Crippen LogP contribution < -0.4 is 5.32 Å². The minimum atomic E-state index is -0.167. The zero-order valence-corrected chi connectivity index (χ0v) is 11.8. The number of aromatic nitrogens is 3. The molecule has 1 N–H and O–H groups in total. The van der Waals surface area contributed by atoms with E-state index in [-0.39, 0.29) is 11.9 Å². The molecule has 106 valence electrons. The van der Waals surface area contributed by atoms with Crippen molar-refractivity contribution in [3.8, 4) is 0 Å². The van der Waals surface area contributed by atoms with E-state index in [0.717, 1.165) is 38.3 Å². The molecule has 0 spiro atoms. The van der Waals surface area contributed by atoms with Crippen molar-refractivity contribution in [2.75, 3.05) is 13.1 Å². The number of carbonyl (C=O) groups excluding carboxylic acids is 1. The van der Waals surface area contributed by atoms with Crippen LogP contribution >= 0.6 is 0 Å². The summed E-state index contributed by atoms with van der Waals surface area (Å²) in [4.78, 5) is 18.4. The Hall–Kier alpha value is -1.43. The molecule has 0 bridgehead atoms. The number of carbonyl (C=O) groups is 1. The van der Waals surface area contributed by atoms with Gasteiger partial charge in [-0.2, -0.15) is 5.10 Å². The van der Waals surface area contributed by atoms with Gasteiger partial charge < -0.3 is 4.90 Å². The summed E-state index contributed by atoms with van der Waals surface area (Å²) in [6.45, 7) is 7.12. The Kier molecular flexibility index (Phi) is 4.90. The van der Waals surface area contributed by atoms with Crippen molar-refractivity contribution in [3.05, 3.63) is 12.2 Å². The minimum absolute atomic E-state index is 0.167. The Bertz CT molecular complexity index is 411. The van der Waals surface area contributed by atoms with Crippen LogP contribution in [-0.4, -0.2) is 44.7 Å². The summed E-state index contributed by atoms with van der Waals surface area (Å²) in [5.41, 5.74) is 0. The van der Waals surface area contributed by atoms with E-state index in [1.54, 1.807) is 6.33 Å². The van der Waals surface area contributed by atoms with Crippen molar-refractivity contribution < 1.29 is 4.79 Å². The third-order valence-electron chi connectivity index (χ3n) is 3.60. The second-order valence-corrected chi connectivity index (χ2v) is 4.98. The fourth-order valence-electron chi connectivity index (χ4n) is 2.41. The standard InChI is InChI=1S/C13H23N5O/c1-3-18-12(15-10-16-18)9-14-11(2)13(19)17-7-5-4-6-8-17/h10-11,14H,3-9H2,1-2H3. The van der Waals surface area contributed by atoms with Crippen molar-refractivity contribution in [1.82, 2.24) is 25.0 Å². The predicted molar refractivity (Wildman–Crippen MR) is 72.4 cm³/mol. The van der Waals surface area contributed by atoms with Gasteiger partial charge in [0.05, 0.1) is 12.6 Å². The van der Waals surface area contributed by atoms with Crippen molar-refractivity contribution in [1.29, 1.82) is 0 Å². The topological polar surface area (TPSA) is 63.1 Å². The van der Waals surface area contributed by atoms with E-state index in [1.165, 1.54) is 6.42 Å². The molecule has 6 nitrogen and oxygen atoms in total. The number of rotatable bonds is 5. The molecule has 0 radical (unpaired) electrons. The molecule has 1 saturated heterocycles. The van der Waals surface area contributed by atoms with E-state index in [1.807, 2.05) is 23.4 Å². The lowest BCUT2D eigenvalue weighted by Crippen LogP contribution is -2.46. The van der Waals surface area contributed by atoms with Crippen molar-refractivity contribution >= 4 is 5.91 Å². The molecule has 1 unspecified atom stereocenters. The van der Waals surface area contributed by atoms with Crippen LogP contribution in [0.5, 0.6) is 0 Å². The third kappa shape index (κ3) is 3.53. The zero-order chi connectivity index (χ0) is 13.7. The Morgan fingerprint density at radius 3 is 2.84 bits per heavy atom. The fourth-order valence-corrected chi connectivity index (χ4v) is 2.41. The van der Waals surface area contributed by atoms with Gasteiger partial charge in [0.1, 0.15) is 12.2 Å². The number of hydrogen-bond donors (Lipinski definition) is 1. The largest absolute Gasteiger partial charge is 0.341 e. The number of piperidine rings is 1. The van der Waals surface area contributed by atoms with Gasteiger partial charge in [0, 0.05) is 19.6 Å². The SMILES string of the molecule is CCn1ncnc1CNC(C)C(=O)N1CCCCC1. The summed E-state index contributed by atoms with van der Waals surface area (Å²) >= 11 is 0. The Morgan fingerprint density at radius 2 is 2.16 bits per heavy atom. The van der Waals surface area contributed by atoms with Gasteiger partial charge >= 0.3 is 0 Å². The van der Waals surface area contributed by atoms with E-state index >= 15 is 0 Å². The minimum Gasteiger partial charge on any atom is -0.341 e. The molecule has 6 heteroatoms. The molecule has 0 saturated carbocycles. The zero-order valence-electron chi connectivity index (χ0n) is 11.8. The van der Waals surface area contributed by atoms with Crippen molar-refractivity contribution in [2.24, 2.45) is 0 Å². The number of nitrogens with zero attached hydrogens (tertiary/aromatic N) is 4. The first-order valence-electron chi connectivity index (χ1n) is 7.11. The van der Waals surface area contributed by atoms with Gasteiger partial charge in [-0.3, -0.25) is 10.1 Å². The first-order chi connectivity index (χ1) is 9.22. The van der Waals surface area contributed by atoms with E-state index in [0.29, 0.717) is 6.54 Å². The molecule has 2 heterocycles. The molecule has 0 aromatic carbocycles. The lowest BCUT2D eigenvalue weighted by atomic mass is 10.1. The van der Waals surface area contributed by atoms with E-state index < -0.39 is 0 Å². The number of aryl methyl sites for hydroxylation is 1. The van der Waals surface area contributed by atoms with Crippen LogP contribution in [0.4, 0.5) is 0 Å². The van der Waals surface area contributed by atoms with Crippen LogP contribution in [0.2, 0.25) is 0 Å². The number of nitrogens with one attached hydrogen (secondary N) is 1. The summed E-state index contributed by atoms with van der Waals surface area (Å²) in [6.07, 6.45) is 5.05. The molecule has 0 aliphatic carbocycles. The summed E-state index contributed by atoms with van der Waals surface area (Å²) in [7, 11) is 0. The summed E-state index contributed by atoms with van der Waals surface area (Å²) in [5.74, 6) is 1.07.